The number of hydrogen-bond acceptors (Lipinski definition) is 2. The zero-order valence-electron chi connectivity index (χ0n) is 14.9. The van der Waals surface area contributed by atoms with Crippen LogP contribution < -0.4 is 0 Å². The van der Waals surface area contributed by atoms with Gasteiger partial charge in [0.1, 0.15) is 0 Å². The van der Waals surface area contributed by atoms with Crippen molar-refractivity contribution < 1.29 is 9.53 Å². The fourth-order valence-corrected chi connectivity index (χ4v) is 3.26. The summed E-state index contributed by atoms with van der Waals surface area (Å²) in [6, 6.07) is 34.0. The maximum absolute atomic E-state index is 12.6. The molecule has 0 aliphatic heterocycles. The average Bonchev–Trinajstić information content (AvgIpc) is 2.73. The first-order valence-electron chi connectivity index (χ1n) is 9.07. The number of fused-ring (bicyclic) bond motifs is 1. The first-order valence-corrected chi connectivity index (χ1v) is 9.07. The minimum atomic E-state index is -0.424. The molecule has 4 rings (SSSR count). The van der Waals surface area contributed by atoms with Gasteiger partial charge in [-0.05, 0) is 33.5 Å². The summed E-state index contributed by atoms with van der Waals surface area (Å²) in [6.45, 7) is 0. The molecular formula is C25H20O2. The lowest BCUT2D eigenvalue weighted by atomic mass is 9.98. The highest BCUT2D eigenvalue weighted by Crippen LogP contribution is 2.29. The molecule has 0 saturated carbocycles. The van der Waals surface area contributed by atoms with E-state index < -0.39 is 6.10 Å². The summed E-state index contributed by atoms with van der Waals surface area (Å²) in [5.41, 5.74) is 2.89. The number of carbonyl (C=O) groups is 1. The van der Waals surface area contributed by atoms with Crippen molar-refractivity contribution in [1.29, 1.82) is 0 Å². The summed E-state index contributed by atoms with van der Waals surface area (Å²) >= 11 is 0. The van der Waals surface area contributed by atoms with Gasteiger partial charge in [-0.2, -0.15) is 0 Å². The molecule has 2 heteroatoms. The number of rotatable bonds is 5. The Morgan fingerprint density at radius 1 is 0.667 bits per heavy atom. The lowest BCUT2D eigenvalue weighted by Gasteiger charge is -2.19. The van der Waals surface area contributed by atoms with Gasteiger partial charge >= 0.3 is 5.97 Å². The molecule has 2 nitrogen and oxygen atoms in total. The molecule has 0 N–H and O–H groups in total. The molecule has 1 atom stereocenters. The zero-order chi connectivity index (χ0) is 18.5. The lowest BCUT2D eigenvalue weighted by molar-refractivity contribution is -0.146. The molecule has 27 heavy (non-hydrogen) atoms. The van der Waals surface area contributed by atoms with Gasteiger partial charge in [-0.3, -0.25) is 4.79 Å². The predicted octanol–water partition coefficient (Wildman–Crippen LogP) is 5.72. The first-order chi connectivity index (χ1) is 13.3. The van der Waals surface area contributed by atoms with Crippen LogP contribution in [0.2, 0.25) is 0 Å². The molecule has 0 aliphatic carbocycles. The average molecular weight is 352 g/mol. The Labute approximate surface area is 159 Å². The second-order valence-electron chi connectivity index (χ2n) is 6.55. The Hall–Kier alpha value is -3.39. The predicted molar refractivity (Wildman–Crippen MR) is 108 cm³/mol. The highest BCUT2D eigenvalue weighted by molar-refractivity contribution is 5.83. The van der Waals surface area contributed by atoms with E-state index in [0.717, 1.165) is 22.1 Å². The van der Waals surface area contributed by atoms with Crippen molar-refractivity contribution in [3.05, 3.63) is 120 Å². The fraction of sp³-hybridized carbons (Fsp3) is 0.0800. The second-order valence-corrected chi connectivity index (χ2v) is 6.55. The Kier molecular flexibility index (Phi) is 4.97. The van der Waals surface area contributed by atoms with Gasteiger partial charge in [-0.25, -0.2) is 0 Å². The quantitative estimate of drug-likeness (QED) is 0.430. The van der Waals surface area contributed by atoms with Crippen molar-refractivity contribution >= 4 is 16.7 Å². The van der Waals surface area contributed by atoms with Crippen LogP contribution in [0.5, 0.6) is 0 Å². The Morgan fingerprint density at radius 3 is 2.04 bits per heavy atom. The van der Waals surface area contributed by atoms with E-state index >= 15 is 0 Å². The smallest absolute Gasteiger partial charge is 0.311 e. The normalized spacial score (nSPS) is 11.9. The molecule has 0 spiro atoms. The van der Waals surface area contributed by atoms with Crippen LogP contribution in [-0.4, -0.2) is 5.97 Å². The molecule has 132 valence electrons. The summed E-state index contributed by atoms with van der Waals surface area (Å²) in [7, 11) is 0. The molecule has 0 heterocycles. The van der Waals surface area contributed by atoms with E-state index in [1.807, 2.05) is 78.9 Å². The van der Waals surface area contributed by atoms with Gasteiger partial charge in [0.25, 0.3) is 0 Å². The van der Waals surface area contributed by atoms with Gasteiger partial charge in [0, 0.05) is 0 Å². The molecule has 0 aromatic heterocycles. The summed E-state index contributed by atoms with van der Waals surface area (Å²) in [5, 5.41) is 2.30. The number of carbonyl (C=O) groups excluding carboxylic acids is 1. The van der Waals surface area contributed by atoms with Crippen LogP contribution in [0.25, 0.3) is 10.8 Å². The Morgan fingerprint density at radius 2 is 1.30 bits per heavy atom. The van der Waals surface area contributed by atoms with Gasteiger partial charge in [0.15, 0.2) is 6.10 Å². The van der Waals surface area contributed by atoms with Gasteiger partial charge in [0.05, 0.1) is 6.42 Å². The van der Waals surface area contributed by atoms with E-state index in [1.54, 1.807) is 0 Å². The van der Waals surface area contributed by atoms with Crippen molar-refractivity contribution in [2.24, 2.45) is 0 Å². The van der Waals surface area contributed by atoms with Crippen molar-refractivity contribution in [2.75, 3.05) is 0 Å². The maximum Gasteiger partial charge on any atom is 0.311 e. The lowest BCUT2D eigenvalue weighted by Crippen LogP contribution is -2.14. The molecule has 1 unspecified atom stereocenters. The van der Waals surface area contributed by atoms with Gasteiger partial charge in [-0.1, -0.05) is 97.1 Å². The standard InChI is InChI=1S/C25H20O2/c26-24(17-19-9-3-1-4-10-19)27-25(21-12-5-2-6-13-21)23-16-15-20-11-7-8-14-22(20)18-23/h1-16,18,25H,17H2. The fourth-order valence-electron chi connectivity index (χ4n) is 3.26. The van der Waals surface area contributed by atoms with Crippen molar-refractivity contribution in [1.82, 2.24) is 0 Å². The summed E-state index contributed by atoms with van der Waals surface area (Å²) in [5.74, 6) is -0.233. The molecule has 0 fully saturated rings. The molecule has 0 saturated heterocycles. The zero-order valence-corrected chi connectivity index (χ0v) is 14.9. The van der Waals surface area contributed by atoms with Crippen LogP contribution in [0.15, 0.2) is 103 Å². The Bertz CT molecular complexity index is 1040. The van der Waals surface area contributed by atoms with Gasteiger partial charge in [0.2, 0.25) is 0 Å². The van der Waals surface area contributed by atoms with Gasteiger partial charge < -0.3 is 4.74 Å². The topological polar surface area (TPSA) is 26.3 Å². The minimum absolute atomic E-state index is 0.233. The SMILES string of the molecule is O=C(Cc1ccccc1)OC(c1ccccc1)c1ccc2ccccc2c1. The number of benzene rings is 4. The highest BCUT2D eigenvalue weighted by atomic mass is 16.5. The van der Waals surface area contributed by atoms with E-state index in [-0.39, 0.29) is 12.4 Å². The number of hydrogen-bond donors (Lipinski definition) is 0. The van der Waals surface area contributed by atoms with E-state index in [0.29, 0.717) is 0 Å². The Balaban J connectivity index is 1.65. The largest absolute Gasteiger partial charge is 0.452 e. The van der Waals surface area contributed by atoms with Gasteiger partial charge in [-0.15, -0.1) is 0 Å². The highest BCUT2D eigenvalue weighted by Gasteiger charge is 2.19. The van der Waals surface area contributed by atoms with E-state index in [1.165, 1.54) is 5.39 Å². The third-order valence-electron chi connectivity index (χ3n) is 4.62. The molecule has 4 aromatic rings. The van der Waals surface area contributed by atoms with Crippen molar-refractivity contribution in [2.45, 2.75) is 12.5 Å². The third-order valence-corrected chi connectivity index (χ3v) is 4.62. The van der Waals surface area contributed by atoms with Crippen LogP contribution in [0.1, 0.15) is 22.8 Å². The van der Waals surface area contributed by atoms with E-state index in [2.05, 4.69) is 24.3 Å². The van der Waals surface area contributed by atoms with Crippen LogP contribution in [-0.2, 0) is 16.0 Å². The molecule has 0 amide bonds. The number of esters is 1. The monoisotopic (exact) mass is 352 g/mol. The van der Waals surface area contributed by atoms with Crippen molar-refractivity contribution in [3.63, 3.8) is 0 Å². The minimum Gasteiger partial charge on any atom is -0.452 e. The number of ether oxygens (including phenoxy) is 1. The summed E-state index contributed by atoms with van der Waals surface area (Å²) in [4.78, 5) is 12.6. The van der Waals surface area contributed by atoms with Crippen LogP contribution >= 0.6 is 0 Å². The van der Waals surface area contributed by atoms with Crippen LogP contribution in [0.4, 0.5) is 0 Å². The molecule has 0 radical (unpaired) electrons. The maximum atomic E-state index is 12.6. The molecule has 0 aliphatic rings. The summed E-state index contributed by atoms with van der Waals surface area (Å²) in [6.07, 6.45) is -0.162. The molecular weight excluding hydrogens is 332 g/mol. The third kappa shape index (κ3) is 4.06. The first kappa shape index (κ1) is 17.0. The van der Waals surface area contributed by atoms with E-state index in [9.17, 15) is 4.79 Å². The molecule has 4 aromatic carbocycles. The van der Waals surface area contributed by atoms with Crippen LogP contribution in [0, 0.1) is 0 Å². The molecule has 0 bridgehead atoms. The van der Waals surface area contributed by atoms with E-state index in [4.69, 9.17) is 4.74 Å². The summed E-state index contributed by atoms with van der Waals surface area (Å²) < 4.78 is 5.94. The second kappa shape index (κ2) is 7.88. The van der Waals surface area contributed by atoms with Crippen LogP contribution in [0.3, 0.4) is 0 Å². The van der Waals surface area contributed by atoms with Crippen molar-refractivity contribution in [3.8, 4) is 0 Å².